The molecule has 0 spiro atoms. The highest BCUT2D eigenvalue weighted by Crippen LogP contribution is 2.46. The quantitative estimate of drug-likeness (QED) is 0.166. The first-order chi connectivity index (χ1) is 29.4. The summed E-state index contributed by atoms with van der Waals surface area (Å²) < 4.78 is 60.9. The second kappa shape index (κ2) is 16.4. The molecule has 322 valence electrons. The van der Waals surface area contributed by atoms with Gasteiger partial charge in [0.2, 0.25) is 21.8 Å². The van der Waals surface area contributed by atoms with Crippen LogP contribution in [0.5, 0.6) is 5.75 Å². The maximum atomic E-state index is 14.8. The van der Waals surface area contributed by atoms with E-state index in [0.29, 0.717) is 65.8 Å². The molecule has 61 heavy (non-hydrogen) atoms. The Morgan fingerprint density at radius 2 is 1.74 bits per heavy atom. The third kappa shape index (κ3) is 8.55. The lowest BCUT2D eigenvalue weighted by molar-refractivity contribution is -0.141. The van der Waals surface area contributed by atoms with Gasteiger partial charge >= 0.3 is 6.09 Å². The number of carbonyl (C=O) groups excluding carboxylic acids is 4. The molecule has 4 amide bonds. The van der Waals surface area contributed by atoms with Crippen LogP contribution in [0.2, 0.25) is 0 Å². The van der Waals surface area contributed by atoms with Crippen molar-refractivity contribution in [2.75, 3.05) is 6.54 Å². The fourth-order valence-corrected chi connectivity index (χ4v) is 10.4. The van der Waals surface area contributed by atoms with Gasteiger partial charge in [0.1, 0.15) is 46.7 Å². The summed E-state index contributed by atoms with van der Waals surface area (Å²) in [6.07, 6.45) is 9.72. The molecule has 3 aliphatic carbocycles. The summed E-state index contributed by atoms with van der Waals surface area (Å²) in [5.41, 5.74) is 1.99. The first-order valence-electron chi connectivity index (χ1n) is 21.5. The number of pyridine rings is 1. The van der Waals surface area contributed by atoms with Gasteiger partial charge in [-0.3, -0.25) is 19.1 Å². The standard InChI is InChI=1S/C45H50FN5O9S/c1-26-13-20-37-33(21-26)39-40(60-37)38(23-35(47-39)27-14-16-29(46)17-15-27)58-31-22-36-41(52)49-45(43(54)50-61(56,57)32-18-19-32)24-28(45)9-5-3-2-4-6-12-34(42(53)51(36)25-31)48-44(55)59-30-10-7-8-11-30/h5,9,13-17,20-21,23,28,30-32,34,36H,2-4,6-8,10-12,18-19,22,24-25H2,1H3,(H,48,55)(H,49,52)(H,50,54)/t28-,31-,34+,36+,45-/m1/s1. The van der Waals surface area contributed by atoms with Gasteiger partial charge in [-0.2, -0.15) is 0 Å². The van der Waals surface area contributed by atoms with Crippen LogP contribution in [0.4, 0.5) is 9.18 Å². The Hall–Kier alpha value is -5.51. The van der Waals surface area contributed by atoms with Crippen molar-refractivity contribution in [3.63, 3.8) is 0 Å². The zero-order valence-electron chi connectivity index (χ0n) is 34.0. The molecule has 2 aliphatic heterocycles. The number of allylic oxidation sites excluding steroid dienone is 1. The van der Waals surface area contributed by atoms with Crippen LogP contribution in [0, 0.1) is 18.7 Å². The lowest BCUT2D eigenvalue weighted by Crippen LogP contribution is -2.58. The molecular weight excluding hydrogens is 806 g/mol. The molecule has 4 heterocycles. The van der Waals surface area contributed by atoms with Crippen LogP contribution in [0.1, 0.15) is 89.0 Å². The average molecular weight is 856 g/mol. The van der Waals surface area contributed by atoms with Crippen molar-refractivity contribution in [2.24, 2.45) is 5.92 Å². The summed E-state index contributed by atoms with van der Waals surface area (Å²) >= 11 is 0. The number of rotatable bonds is 8. The number of sulfonamides is 1. The number of fused-ring (bicyclic) bond motifs is 5. The van der Waals surface area contributed by atoms with Crippen LogP contribution in [-0.4, -0.2) is 83.7 Å². The largest absolute Gasteiger partial charge is 0.484 e. The molecule has 4 aromatic rings. The Kier molecular flexibility index (Phi) is 11.0. The maximum Gasteiger partial charge on any atom is 0.408 e. The number of carbonyl (C=O) groups is 4. The smallest absolute Gasteiger partial charge is 0.408 e. The number of hydrogen-bond acceptors (Lipinski definition) is 10. The SMILES string of the molecule is Cc1ccc2oc3c(O[C@@H]4C[C@H]5C(=O)N[C@]6(C(=O)NS(=O)(=O)C7CC7)C[C@H]6C=CCCCCC[C@H](NC(=O)OC6CCCC6)C(=O)N5C4)cc(-c4ccc(F)cc4)nc3c2c1. The van der Waals surface area contributed by atoms with Gasteiger partial charge in [0, 0.05) is 29.4 Å². The van der Waals surface area contributed by atoms with Crippen LogP contribution in [0.15, 0.2) is 65.1 Å². The molecular formula is C45H50FN5O9S. The molecule has 1 saturated heterocycles. The molecule has 2 aromatic heterocycles. The molecule has 14 nitrogen and oxygen atoms in total. The summed E-state index contributed by atoms with van der Waals surface area (Å²) in [5.74, 6) is -2.53. The zero-order valence-corrected chi connectivity index (χ0v) is 34.8. The number of furan rings is 1. The summed E-state index contributed by atoms with van der Waals surface area (Å²) in [5, 5.41) is 5.81. The summed E-state index contributed by atoms with van der Waals surface area (Å²) in [6, 6.07) is 11.1. The Bertz CT molecular complexity index is 2520. The van der Waals surface area contributed by atoms with Gasteiger partial charge in [-0.05, 0) is 108 Å². The lowest BCUT2D eigenvalue weighted by atomic mass is 10.0. The predicted molar refractivity (Wildman–Crippen MR) is 223 cm³/mol. The van der Waals surface area contributed by atoms with Gasteiger partial charge < -0.3 is 29.4 Å². The Balaban J connectivity index is 1.06. The fraction of sp³-hybridized carbons (Fsp3) is 0.489. The molecule has 4 fully saturated rings. The summed E-state index contributed by atoms with van der Waals surface area (Å²) in [4.78, 5) is 62.8. The van der Waals surface area contributed by atoms with Gasteiger partial charge in [-0.15, -0.1) is 0 Å². The number of ether oxygens (including phenoxy) is 2. The van der Waals surface area contributed by atoms with Crippen molar-refractivity contribution < 1.29 is 45.9 Å². The summed E-state index contributed by atoms with van der Waals surface area (Å²) in [7, 11) is -3.93. The number of nitrogens with one attached hydrogen (secondary N) is 3. The molecule has 0 unspecified atom stereocenters. The topological polar surface area (TPSA) is 186 Å². The van der Waals surface area contributed by atoms with Crippen LogP contribution in [0.3, 0.4) is 0 Å². The first-order valence-corrected chi connectivity index (χ1v) is 23.0. The Labute approximate surface area is 353 Å². The molecule has 0 radical (unpaired) electrons. The Morgan fingerprint density at radius 3 is 2.51 bits per heavy atom. The number of aromatic nitrogens is 1. The van der Waals surface area contributed by atoms with Gasteiger partial charge in [0.05, 0.1) is 17.5 Å². The number of alkyl carbamates (subject to hydrolysis) is 1. The van der Waals surface area contributed by atoms with Crippen molar-refractivity contribution in [1.82, 2.24) is 25.2 Å². The van der Waals surface area contributed by atoms with Crippen molar-refractivity contribution in [2.45, 2.75) is 125 Å². The second-order valence-electron chi connectivity index (χ2n) is 17.3. The number of halogens is 1. The van der Waals surface area contributed by atoms with Crippen molar-refractivity contribution in [1.29, 1.82) is 0 Å². The van der Waals surface area contributed by atoms with Crippen LogP contribution < -0.4 is 20.1 Å². The zero-order chi connectivity index (χ0) is 42.5. The molecule has 5 aliphatic rings. The highest BCUT2D eigenvalue weighted by molar-refractivity contribution is 7.91. The van der Waals surface area contributed by atoms with E-state index in [0.717, 1.165) is 49.5 Å². The van der Waals surface area contributed by atoms with Crippen molar-refractivity contribution in [3.8, 4) is 17.0 Å². The average Bonchev–Trinajstić information content (AvgIpc) is 4.05. The second-order valence-corrected chi connectivity index (χ2v) is 19.3. The van der Waals surface area contributed by atoms with Crippen LogP contribution in [0.25, 0.3) is 33.3 Å². The first kappa shape index (κ1) is 40.9. The number of amides is 4. The van der Waals surface area contributed by atoms with E-state index in [1.165, 1.54) is 17.0 Å². The minimum atomic E-state index is -3.93. The predicted octanol–water partition coefficient (Wildman–Crippen LogP) is 6.48. The molecule has 9 rings (SSSR count). The van der Waals surface area contributed by atoms with Crippen molar-refractivity contribution >= 4 is 55.9 Å². The molecule has 0 bridgehead atoms. The highest BCUT2D eigenvalue weighted by Gasteiger charge is 2.62. The van der Waals surface area contributed by atoms with Crippen molar-refractivity contribution in [3.05, 3.63) is 72.1 Å². The monoisotopic (exact) mass is 855 g/mol. The molecule has 2 aromatic carbocycles. The van der Waals surface area contributed by atoms with Gasteiger partial charge in [-0.1, -0.05) is 36.6 Å². The fourth-order valence-electron chi connectivity index (χ4n) is 9.04. The molecule has 5 atom stereocenters. The van der Waals surface area contributed by atoms with E-state index in [-0.39, 0.29) is 25.5 Å². The normalized spacial score (nSPS) is 26.2. The van der Waals surface area contributed by atoms with E-state index in [1.807, 2.05) is 37.3 Å². The minimum Gasteiger partial charge on any atom is -0.484 e. The number of nitrogens with zero attached hydrogens (tertiary/aromatic N) is 2. The summed E-state index contributed by atoms with van der Waals surface area (Å²) in [6.45, 7) is 1.89. The Morgan fingerprint density at radius 1 is 0.967 bits per heavy atom. The van der Waals surface area contributed by atoms with E-state index < -0.39 is 74.5 Å². The van der Waals surface area contributed by atoms with E-state index in [4.69, 9.17) is 18.9 Å². The molecule has 16 heteroatoms. The number of benzene rings is 2. The van der Waals surface area contributed by atoms with Gasteiger partial charge in [0.25, 0.3) is 5.91 Å². The van der Waals surface area contributed by atoms with Gasteiger partial charge in [0.15, 0.2) is 11.3 Å². The molecule has 3 N–H and O–H groups in total. The van der Waals surface area contributed by atoms with E-state index >= 15 is 0 Å². The van der Waals surface area contributed by atoms with Gasteiger partial charge in [-0.25, -0.2) is 22.6 Å². The minimum absolute atomic E-state index is 0.00950. The van der Waals surface area contributed by atoms with Crippen LogP contribution >= 0.6 is 0 Å². The van der Waals surface area contributed by atoms with E-state index in [2.05, 4.69) is 15.4 Å². The van der Waals surface area contributed by atoms with E-state index in [1.54, 1.807) is 18.2 Å². The van der Waals surface area contributed by atoms with E-state index in [9.17, 15) is 32.0 Å². The van der Waals surface area contributed by atoms with Crippen LogP contribution in [-0.2, 0) is 29.1 Å². The number of aryl methyl sites for hydroxylation is 1. The maximum absolute atomic E-state index is 14.8. The lowest BCUT2D eigenvalue weighted by Gasteiger charge is -2.30. The third-order valence-corrected chi connectivity index (χ3v) is 14.5. The molecule has 3 saturated carbocycles. The number of hydrogen-bond donors (Lipinski definition) is 3. The third-order valence-electron chi connectivity index (χ3n) is 12.7. The highest BCUT2D eigenvalue weighted by atomic mass is 32.2.